The molecule has 4 rings (SSSR count). The zero-order valence-electron chi connectivity index (χ0n) is 32.2. The molecular weight excluding hydrogens is 664 g/mol. The fourth-order valence-corrected chi connectivity index (χ4v) is 7.56. The lowest BCUT2D eigenvalue weighted by molar-refractivity contribution is -0.144. The number of rotatable bonds is 13. The number of hydrogen-bond acceptors (Lipinski definition) is 7. The molecule has 0 radical (unpaired) electrons. The smallest absolute Gasteiger partial charge is 0.407 e. The Balaban J connectivity index is 1.58. The summed E-state index contributed by atoms with van der Waals surface area (Å²) in [6.07, 6.45) is 4.23. The number of Topliss-reactive ketones (excluding diaryl/α,β-unsaturated/α-hetero) is 1. The van der Waals surface area contributed by atoms with E-state index in [1.54, 1.807) is 4.90 Å². The van der Waals surface area contributed by atoms with Crippen LogP contribution in [0.4, 0.5) is 9.59 Å². The summed E-state index contributed by atoms with van der Waals surface area (Å²) in [6, 6.07) is 3.78. The number of alkyl carbamates (subject to hydrolysis) is 1. The molecule has 1 aromatic rings. The van der Waals surface area contributed by atoms with Crippen molar-refractivity contribution in [3.05, 3.63) is 35.4 Å². The van der Waals surface area contributed by atoms with Crippen molar-refractivity contribution in [2.75, 3.05) is 13.2 Å². The molecule has 0 aromatic heterocycles. The lowest BCUT2D eigenvalue weighted by Gasteiger charge is -2.36. The quantitative estimate of drug-likeness (QED) is 0.192. The van der Waals surface area contributed by atoms with Crippen molar-refractivity contribution in [3.63, 3.8) is 0 Å². The second-order valence-electron chi connectivity index (χ2n) is 17.4. The number of hydrogen-bond donors (Lipinski definition) is 5. The van der Waals surface area contributed by atoms with Crippen LogP contribution >= 0.6 is 0 Å². The predicted octanol–water partition coefficient (Wildman–Crippen LogP) is 3.61. The molecule has 13 heteroatoms. The number of carbonyl (C=O) groups excluding carboxylic acids is 6. The molecule has 3 aliphatic rings. The third-order valence-corrected chi connectivity index (χ3v) is 10.8. The molecular formula is C39H60N6O7. The number of carbonyl (C=O) groups is 6. The predicted molar refractivity (Wildman–Crippen MR) is 197 cm³/mol. The van der Waals surface area contributed by atoms with Crippen molar-refractivity contribution in [2.45, 2.75) is 130 Å². The van der Waals surface area contributed by atoms with Crippen molar-refractivity contribution in [2.24, 2.45) is 34.8 Å². The minimum Gasteiger partial charge on any atom is -0.447 e. The Morgan fingerprint density at radius 1 is 0.904 bits per heavy atom. The second-order valence-corrected chi connectivity index (χ2v) is 17.4. The highest BCUT2D eigenvalue weighted by Gasteiger charge is 2.48. The van der Waals surface area contributed by atoms with Crippen LogP contribution in [0.1, 0.15) is 98.6 Å². The van der Waals surface area contributed by atoms with Gasteiger partial charge in [0.15, 0.2) is 0 Å². The topological polar surface area (TPSA) is 189 Å². The van der Waals surface area contributed by atoms with E-state index in [4.69, 9.17) is 10.5 Å². The molecule has 0 bridgehead atoms. The maximum absolute atomic E-state index is 14.8. The molecule has 2 aliphatic carbocycles. The van der Waals surface area contributed by atoms with Gasteiger partial charge in [0.05, 0.1) is 12.1 Å². The molecule has 1 aromatic carbocycles. The Bertz CT molecular complexity index is 1470. The third kappa shape index (κ3) is 10.5. The second kappa shape index (κ2) is 16.7. The maximum atomic E-state index is 14.8. The van der Waals surface area contributed by atoms with E-state index in [2.05, 4.69) is 21.3 Å². The summed E-state index contributed by atoms with van der Waals surface area (Å²) in [5.41, 5.74) is 6.56. The minimum absolute atomic E-state index is 0.0268. The first-order valence-electron chi connectivity index (χ1n) is 18.8. The molecule has 0 spiro atoms. The summed E-state index contributed by atoms with van der Waals surface area (Å²) in [5.74, 6) is -3.10. The average Bonchev–Trinajstić information content (AvgIpc) is 3.66. The number of urea groups is 1. The van der Waals surface area contributed by atoms with Gasteiger partial charge in [0.2, 0.25) is 17.6 Å². The molecule has 1 saturated carbocycles. The van der Waals surface area contributed by atoms with Gasteiger partial charge >= 0.3 is 12.1 Å². The number of likely N-dealkylation sites (tertiary alicyclic amines) is 1. The summed E-state index contributed by atoms with van der Waals surface area (Å²) < 4.78 is 5.49. The average molecular weight is 725 g/mol. The molecule has 1 heterocycles. The highest BCUT2D eigenvalue weighted by Crippen LogP contribution is 2.35. The van der Waals surface area contributed by atoms with Crippen LogP contribution in [0.3, 0.4) is 0 Å². The van der Waals surface area contributed by atoms with E-state index in [-0.39, 0.29) is 42.7 Å². The Hall–Kier alpha value is -4.16. The number of amides is 6. The van der Waals surface area contributed by atoms with Crippen molar-refractivity contribution in [3.8, 4) is 0 Å². The summed E-state index contributed by atoms with van der Waals surface area (Å²) in [7, 11) is 0. The van der Waals surface area contributed by atoms with Crippen LogP contribution in [0.2, 0.25) is 0 Å². The van der Waals surface area contributed by atoms with Crippen molar-refractivity contribution < 1.29 is 33.5 Å². The Kier molecular flexibility index (Phi) is 13.0. The van der Waals surface area contributed by atoms with Gasteiger partial charge in [-0.15, -0.1) is 0 Å². The molecule has 1 saturated heterocycles. The first kappa shape index (κ1) is 40.6. The van der Waals surface area contributed by atoms with E-state index in [1.807, 2.05) is 79.7 Å². The number of ether oxygens (including phenoxy) is 1. The van der Waals surface area contributed by atoms with Crippen molar-refractivity contribution in [1.29, 1.82) is 0 Å². The van der Waals surface area contributed by atoms with Crippen LogP contribution < -0.4 is 27.0 Å². The number of ketones is 1. The van der Waals surface area contributed by atoms with E-state index in [0.717, 1.165) is 30.4 Å². The van der Waals surface area contributed by atoms with Crippen LogP contribution in [0.15, 0.2) is 24.3 Å². The molecule has 52 heavy (non-hydrogen) atoms. The zero-order valence-corrected chi connectivity index (χ0v) is 32.2. The maximum Gasteiger partial charge on any atom is 0.407 e. The Morgan fingerprint density at radius 3 is 2.02 bits per heavy atom. The number of nitrogens with one attached hydrogen (secondary N) is 4. The van der Waals surface area contributed by atoms with Gasteiger partial charge in [-0.25, -0.2) is 9.59 Å². The molecule has 13 nitrogen and oxygen atoms in total. The van der Waals surface area contributed by atoms with Gasteiger partial charge in [-0.2, -0.15) is 0 Å². The van der Waals surface area contributed by atoms with Gasteiger partial charge in [0.1, 0.15) is 18.7 Å². The third-order valence-electron chi connectivity index (χ3n) is 10.8. The standard InChI is InChI=1S/C39H60N6O7/c1-22(2)27-16-17-45(31(27)34(48)41-28(32(46)33(40)47)18-23-12-11-13-23)35(49)30(26-19-24-14-9-10-15-25(24)20-26)43-36(50)42-29(38(3,4)5)21-52-37(51)44-39(6,7)8/h9-10,14-15,22-23,26-31H,11-13,16-21H2,1-8H3,(H2,40,47)(H,41,48)(H,44,51)(H2,42,43,50)/t27-,28?,29-,30+,31?/m1/s1. The number of nitrogens with two attached hydrogens (primary N) is 1. The number of benzene rings is 1. The zero-order chi connectivity index (χ0) is 38.5. The molecule has 5 atom stereocenters. The van der Waals surface area contributed by atoms with Gasteiger partial charge in [-0.3, -0.25) is 19.2 Å². The van der Waals surface area contributed by atoms with Crippen LogP contribution in [-0.2, 0) is 36.8 Å². The van der Waals surface area contributed by atoms with Crippen LogP contribution in [0.5, 0.6) is 0 Å². The van der Waals surface area contributed by atoms with Gasteiger partial charge < -0.3 is 36.6 Å². The van der Waals surface area contributed by atoms with Gasteiger partial charge in [0, 0.05) is 12.1 Å². The Morgan fingerprint density at radius 2 is 1.52 bits per heavy atom. The van der Waals surface area contributed by atoms with Gasteiger partial charge in [0.25, 0.3) is 5.91 Å². The normalized spacial score (nSPS) is 21.0. The SMILES string of the molecule is CC(C)[C@H]1CCN(C(=O)[C@@H](NC(=O)N[C@H](COC(=O)NC(C)(C)C)C(C)(C)C)C2Cc3ccccc3C2)C1C(=O)NC(CC1CCC1)C(=O)C(N)=O. The van der Waals surface area contributed by atoms with Crippen LogP contribution in [-0.4, -0.2) is 83.4 Å². The van der Waals surface area contributed by atoms with E-state index in [1.165, 1.54) is 0 Å². The van der Waals surface area contributed by atoms with Crippen molar-refractivity contribution >= 4 is 35.6 Å². The van der Waals surface area contributed by atoms with E-state index in [9.17, 15) is 28.8 Å². The summed E-state index contributed by atoms with van der Waals surface area (Å²) >= 11 is 0. The molecule has 288 valence electrons. The van der Waals surface area contributed by atoms with E-state index >= 15 is 0 Å². The van der Waals surface area contributed by atoms with Gasteiger partial charge in [-0.1, -0.05) is 78.1 Å². The molecule has 2 unspecified atom stereocenters. The molecule has 6 N–H and O–H groups in total. The van der Waals surface area contributed by atoms with Crippen molar-refractivity contribution in [1.82, 2.24) is 26.2 Å². The van der Waals surface area contributed by atoms with Gasteiger partial charge in [-0.05, 0) is 86.7 Å². The lowest BCUT2D eigenvalue weighted by atomic mass is 9.80. The highest BCUT2D eigenvalue weighted by molar-refractivity contribution is 6.37. The number of nitrogens with zero attached hydrogens (tertiary/aromatic N) is 1. The molecule has 2 fully saturated rings. The van der Waals surface area contributed by atoms with Crippen LogP contribution in [0, 0.1) is 29.1 Å². The summed E-state index contributed by atoms with van der Waals surface area (Å²) in [5, 5.41) is 11.5. The summed E-state index contributed by atoms with van der Waals surface area (Å²) in [6.45, 7) is 15.4. The van der Waals surface area contributed by atoms with E-state index in [0.29, 0.717) is 25.7 Å². The molecule has 6 amide bonds. The fourth-order valence-electron chi connectivity index (χ4n) is 7.56. The first-order chi connectivity index (χ1) is 24.2. The number of primary amides is 1. The fraction of sp³-hybridized carbons (Fsp3) is 0.692. The lowest BCUT2D eigenvalue weighted by Crippen LogP contribution is -2.61. The Labute approximate surface area is 308 Å². The molecule has 1 aliphatic heterocycles. The van der Waals surface area contributed by atoms with E-state index < -0.39 is 64.8 Å². The highest BCUT2D eigenvalue weighted by atomic mass is 16.5. The monoisotopic (exact) mass is 724 g/mol. The first-order valence-corrected chi connectivity index (χ1v) is 18.8. The summed E-state index contributed by atoms with van der Waals surface area (Å²) in [4.78, 5) is 81.6. The number of fused-ring (bicyclic) bond motifs is 1. The largest absolute Gasteiger partial charge is 0.447 e. The minimum atomic E-state index is -1.10. The van der Waals surface area contributed by atoms with Crippen LogP contribution in [0.25, 0.3) is 0 Å².